The summed E-state index contributed by atoms with van der Waals surface area (Å²) < 4.78 is 11.1. The largest absolute Gasteiger partial charge is 0.391 e. The first-order valence-corrected chi connectivity index (χ1v) is 10.1. The Morgan fingerprint density at radius 3 is 0.962 bits per heavy atom. The minimum absolute atomic E-state index is 0.203. The van der Waals surface area contributed by atoms with Crippen molar-refractivity contribution in [2.24, 2.45) is 22.7 Å². The molecule has 0 radical (unpaired) electrons. The van der Waals surface area contributed by atoms with Crippen molar-refractivity contribution in [2.75, 3.05) is 13.2 Å². The predicted octanol–water partition coefficient (Wildman–Crippen LogP) is 4.91. The van der Waals surface area contributed by atoms with Gasteiger partial charge >= 0.3 is 0 Å². The molecule has 0 heterocycles. The van der Waals surface area contributed by atoms with Crippen molar-refractivity contribution in [2.45, 2.75) is 108 Å². The molecule has 0 amide bonds. The van der Waals surface area contributed by atoms with Gasteiger partial charge in [-0.3, -0.25) is 0 Å². The molecule has 0 rings (SSSR count). The Balaban J connectivity index is 0. The number of aliphatic hydroxyl groups excluding tert-OH is 2. The molecule has 0 aliphatic heterocycles. The maximum atomic E-state index is 9.06. The first-order valence-electron chi connectivity index (χ1n) is 10.1. The average Bonchev–Trinajstić information content (AvgIpc) is 2.47. The Hall–Kier alpha value is -0.160. The second-order valence-electron chi connectivity index (χ2n) is 10.1. The van der Waals surface area contributed by atoms with Gasteiger partial charge in [-0.25, -0.2) is 0 Å². The zero-order valence-electron chi connectivity index (χ0n) is 19.6. The summed E-state index contributed by atoms with van der Waals surface area (Å²) >= 11 is 0. The van der Waals surface area contributed by atoms with Crippen molar-refractivity contribution in [3.63, 3.8) is 0 Å². The van der Waals surface area contributed by atoms with Gasteiger partial charge < -0.3 is 19.7 Å². The van der Waals surface area contributed by atoms with E-state index < -0.39 is 0 Å². The highest BCUT2D eigenvalue weighted by molar-refractivity contribution is 4.76. The molecular weight excluding hydrogens is 328 g/mol. The number of hydrogen-bond acceptors (Lipinski definition) is 4. The van der Waals surface area contributed by atoms with Gasteiger partial charge in [0.2, 0.25) is 0 Å². The summed E-state index contributed by atoms with van der Waals surface area (Å²) in [5.41, 5.74) is 0.524. The third-order valence-corrected chi connectivity index (χ3v) is 5.34. The minimum Gasteiger partial charge on any atom is -0.391 e. The van der Waals surface area contributed by atoms with Gasteiger partial charge in [0, 0.05) is 0 Å². The first-order chi connectivity index (χ1) is 11.5. The molecule has 4 nitrogen and oxygen atoms in total. The predicted molar refractivity (Wildman–Crippen MR) is 111 cm³/mol. The smallest absolute Gasteiger partial charge is 0.0745 e. The van der Waals surface area contributed by atoms with Crippen LogP contribution in [0.2, 0.25) is 0 Å². The fraction of sp³-hybridized carbons (Fsp3) is 1.00. The van der Waals surface area contributed by atoms with E-state index in [0.29, 0.717) is 25.0 Å². The van der Waals surface area contributed by atoms with Gasteiger partial charge in [-0.05, 0) is 50.4 Å². The first kappa shape index (κ1) is 28.1. The van der Waals surface area contributed by atoms with Crippen LogP contribution in [0.1, 0.15) is 83.1 Å². The van der Waals surface area contributed by atoms with E-state index >= 15 is 0 Å². The van der Waals surface area contributed by atoms with Gasteiger partial charge in [0.25, 0.3) is 0 Å². The highest BCUT2D eigenvalue weighted by Crippen LogP contribution is 2.30. The Kier molecular flexibility index (Phi) is 13.3. The summed E-state index contributed by atoms with van der Waals surface area (Å²) in [5, 5.41) is 18.1. The van der Waals surface area contributed by atoms with Gasteiger partial charge in [0.15, 0.2) is 0 Å². The summed E-state index contributed by atoms with van der Waals surface area (Å²) in [5.74, 6) is 0.984. The molecule has 4 heteroatoms. The van der Waals surface area contributed by atoms with E-state index in [1.165, 1.54) is 0 Å². The van der Waals surface area contributed by atoms with Crippen LogP contribution in [-0.4, -0.2) is 47.8 Å². The number of aliphatic hydroxyl groups is 2. The van der Waals surface area contributed by atoms with E-state index in [9.17, 15) is 0 Å². The van der Waals surface area contributed by atoms with E-state index in [1.54, 1.807) is 13.8 Å². The molecule has 0 saturated carbocycles. The van der Waals surface area contributed by atoms with Crippen LogP contribution in [0.4, 0.5) is 0 Å². The molecule has 0 aromatic heterocycles. The molecule has 0 bridgehead atoms. The molecule has 0 unspecified atom stereocenters. The summed E-state index contributed by atoms with van der Waals surface area (Å²) in [6.45, 7) is 26.1. The van der Waals surface area contributed by atoms with Crippen molar-refractivity contribution in [1.29, 1.82) is 0 Å². The maximum absolute atomic E-state index is 9.06. The van der Waals surface area contributed by atoms with Crippen LogP contribution in [0.25, 0.3) is 0 Å². The molecule has 0 aliphatic carbocycles. The van der Waals surface area contributed by atoms with Crippen LogP contribution in [0.15, 0.2) is 0 Å². The van der Waals surface area contributed by atoms with Crippen LogP contribution >= 0.6 is 0 Å². The number of hydrogen-bond donors (Lipinski definition) is 2. The summed E-state index contributed by atoms with van der Waals surface area (Å²) in [7, 11) is 0. The van der Waals surface area contributed by atoms with Crippen molar-refractivity contribution < 1.29 is 19.7 Å². The zero-order chi connectivity index (χ0) is 21.3. The van der Waals surface area contributed by atoms with Gasteiger partial charge in [-0.15, -0.1) is 0 Å². The Labute approximate surface area is 163 Å². The molecule has 0 spiro atoms. The summed E-state index contributed by atoms with van der Waals surface area (Å²) in [4.78, 5) is 0. The van der Waals surface area contributed by atoms with Crippen molar-refractivity contribution >= 4 is 0 Å². The van der Waals surface area contributed by atoms with E-state index in [4.69, 9.17) is 19.7 Å². The molecule has 0 aromatic carbocycles. The van der Waals surface area contributed by atoms with Crippen LogP contribution in [0, 0.1) is 22.7 Å². The molecule has 26 heavy (non-hydrogen) atoms. The molecular formula is C22H48O4. The van der Waals surface area contributed by atoms with E-state index in [2.05, 4.69) is 69.2 Å². The Morgan fingerprint density at radius 2 is 0.808 bits per heavy atom. The van der Waals surface area contributed by atoms with Gasteiger partial charge in [0.05, 0.1) is 37.6 Å². The van der Waals surface area contributed by atoms with E-state index in [0.717, 1.165) is 0 Å². The summed E-state index contributed by atoms with van der Waals surface area (Å²) in [6.07, 6.45) is -0.326. The lowest BCUT2D eigenvalue weighted by molar-refractivity contribution is -0.0398. The van der Waals surface area contributed by atoms with Gasteiger partial charge in [-0.1, -0.05) is 55.4 Å². The molecule has 0 saturated heterocycles. The van der Waals surface area contributed by atoms with Crippen LogP contribution < -0.4 is 0 Å². The fourth-order valence-corrected chi connectivity index (χ4v) is 2.28. The maximum Gasteiger partial charge on any atom is 0.0745 e. The fourth-order valence-electron chi connectivity index (χ4n) is 2.28. The second-order valence-corrected chi connectivity index (χ2v) is 10.1. The molecule has 6 atom stereocenters. The van der Waals surface area contributed by atoms with Gasteiger partial charge in [0.1, 0.15) is 0 Å². The molecule has 0 aliphatic rings. The van der Waals surface area contributed by atoms with Crippen LogP contribution in [0.5, 0.6) is 0 Å². The minimum atomic E-state index is -0.366. The lowest BCUT2D eigenvalue weighted by Crippen LogP contribution is -2.31. The quantitative estimate of drug-likeness (QED) is 0.632. The lowest BCUT2D eigenvalue weighted by Gasteiger charge is -2.32. The van der Waals surface area contributed by atoms with Crippen LogP contribution in [-0.2, 0) is 9.47 Å². The zero-order valence-corrected chi connectivity index (χ0v) is 19.6. The molecule has 0 aromatic rings. The van der Waals surface area contributed by atoms with Crippen molar-refractivity contribution in [3.8, 4) is 0 Å². The summed E-state index contributed by atoms with van der Waals surface area (Å²) in [6, 6.07) is 0. The van der Waals surface area contributed by atoms with E-state index in [-0.39, 0.29) is 35.2 Å². The standard InChI is InChI=1S/2C11H24O2/c2*1-8(12)7-13-10(3)9(2)11(4,5)6/h2*8-10,12H,7H2,1-6H3/t8-,9+,10-;8-,9-,10+/m10/s1. The van der Waals surface area contributed by atoms with Crippen LogP contribution in [0.3, 0.4) is 0 Å². The number of rotatable bonds is 8. The third kappa shape index (κ3) is 14.0. The van der Waals surface area contributed by atoms with Crippen molar-refractivity contribution in [3.05, 3.63) is 0 Å². The Morgan fingerprint density at radius 1 is 0.577 bits per heavy atom. The molecule has 2 N–H and O–H groups in total. The average molecular weight is 377 g/mol. The van der Waals surface area contributed by atoms with Crippen molar-refractivity contribution in [1.82, 2.24) is 0 Å². The highest BCUT2D eigenvalue weighted by atomic mass is 16.5. The molecule has 0 fully saturated rings. The third-order valence-electron chi connectivity index (χ3n) is 5.34. The normalized spacial score (nSPS) is 19.6. The second kappa shape index (κ2) is 12.3. The van der Waals surface area contributed by atoms with E-state index in [1.807, 2.05) is 0 Å². The lowest BCUT2D eigenvalue weighted by atomic mass is 9.79. The molecule has 160 valence electrons. The highest BCUT2D eigenvalue weighted by Gasteiger charge is 2.26. The topological polar surface area (TPSA) is 58.9 Å². The number of ether oxygens (including phenoxy) is 2. The Bertz CT molecular complexity index is 305. The SMILES string of the molecule is C[C@@H](O)CO[C@H](C)[C@H](C)C(C)(C)C.C[C@H](O)CO[C@H](C)[C@H](C)C(C)(C)C. The van der Waals surface area contributed by atoms with Gasteiger partial charge in [-0.2, -0.15) is 0 Å². The monoisotopic (exact) mass is 376 g/mol.